The van der Waals surface area contributed by atoms with Gasteiger partial charge in [-0.05, 0) is 47.6 Å². The Labute approximate surface area is 198 Å². The fourth-order valence-electron chi connectivity index (χ4n) is 3.65. The van der Waals surface area contributed by atoms with Crippen LogP contribution in [0.4, 0.5) is 0 Å². The summed E-state index contributed by atoms with van der Waals surface area (Å²) < 4.78 is 12.5. The van der Waals surface area contributed by atoms with Gasteiger partial charge in [0.05, 0.1) is 17.4 Å². The molecule has 3 aromatic carbocycles. The first-order valence-corrected chi connectivity index (χ1v) is 11.0. The van der Waals surface area contributed by atoms with E-state index < -0.39 is 0 Å². The van der Waals surface area contributed by atoms with Crippen molar-refractivity contribution in [2.45, 2.75) is 13.1 Å². The number of aromatic nitrogens is 2. The molecule has 0 unspecified atom stereocenters. The van der Waals surface area contributed by atoms with E-state index in [1.807, 2.05) is 18.2 Å². The molecular weight excluding hydrogens is 462 g/mol. The lowest BCUT2D eigenvalue weighted by Gasteiger charge is -2.10. The van der Waals surface area contributed by atoms with E-state index in [9.17, 15) is 9.59 Å². The maximum Gasteiger partial charge on any atom is 0.262 e. The quantitative estimate of drug-likeness (QED) is 0.414. The van der Waals surface area contributed by atoms with E-state index in [4.69, 9.17) is 33.3 Å². The molecule has 7 nitrogen and oxygen atoms in total. The molecule has 1 amide bonds. The van der Waals surface area contributed by atoms with Crippen LogP contribution in [-0.4, -0.2) is 22.3 Å². The standard InChI is InChI=1S/C24H18ClN3O4S/c25-18-4-2-1-3-16(18)11-26-22(29)15-7-5-14(6-8-15)12-28-23(30)17-9-20-21(32-13-31-20)10-19(17)27-24(28)33/h1-10H,11-13H2,(H,26,29)(H,27,33). The van der Waals surface area contributed by atoms with E-state index in [1.54, 1.807) is 42.5 Å². The topological polar surface area (TPSA) is 85.4 Å². The van der Waals surface area contributed by atoms with Gasteiger partial charge in [-0.3, -0.25) is 14.2 Å². The number of carbonyl (C=O) groups is 1. The van der Waals surface area contributed by atoms with Gasteiger partial charge >= 0.3 is 0 Å². The van der Waals surface area contributed by atoms with Gasteiger partial charge < -0.3 is 19.8 Å². The summed E-state index contributed by atoms with van der Waals surface area (Å²) in [5.74, 6) is 0.898. The fraction of sp³-hybridized carbons (Fsp3) is 0.125. The van der Waals surface area contributed by atoms with Gasteiger partial charge in [0.1, 0.15) is 0 Å². The third-order valence-electron chi connectivity index (χ3n) is 5.43. The number of nitrogens with zero attached hydrogens (tertiary/aromatic N) is 1. The highest BCUT2D eigenvalue weighted by Gasteiger charge is 2.17. The Morgan fingerprint density at radius 2 is 1.82 bits per heavy atom. The zero-order chi connectivity index (χ0) is 22.9. The first-order valence-electron chi connectivity index (χ1n) is 10.2. The molecular formula is C24H18ClN3O4S. The lowest BCUT2D eigenvalue weighted by molar-refractivity contribution is 0.0951. The lowest BCUT2D eigenvalue weighted by atomic mass is 10.1. The van der Waals surface area contributed by atoms with Crippen LogP contribution in [0.25, 0.3) is 10.9 Å². The Balaban J connectivity index is 1.34. The molecule has 0 saturated heterocycles. The smallest absolute Gasteiger partial charge is 0.262 e. The van der Waals surface area contributed by atoms with E-state index in [0.29, 0.717) is 44.3 Å². The molecule has 4 aromatic rings. The highest BCUT2D eigenvalue weighted by molar-refractivity contribution is 7.71. The van der Waals surface area contributed by atoms with Crippen molar-refractivity contribution >= 4 is 40.6 Å². The highest BCUT2D eigenvalue weighted by Crippen LogP contribution is 2.34. The Kier molecular flexibility index (Phi) is 5.62. The number of aromatic amines is 1. The Hall–Kier alpha value is -3.62. The average Bonchev–Trinajstić information content (AvgIpc) is 3.28. The predicted octanol–water partition coefficient (Wildman–Crippen LogP) is 4.42. The van der Waals surface area contributed by atoms with Crippen molar-refractivity contribution in [3.8, 4) is 11.5 Å². The van der Waals surface area contributed by atoms with Crippen LogP contribution in [0.15, 0.2) is 65.5 Å². The van der Waals surface area contributed by atoms with Gasteiger partial charge in [-0.25, -0.2) is 0 Å². The van der Waals surface area contributed by atoms with Gasteiger partial charge in [0.15, 0.2) is 16.3 Å². The lowest BCUT2D eigenvalue weighted by Crippen LogP contribution is -2.24. The molecule has 2 N–H and O–H groups in total. The molecule has 1 aromatic heterocycles. The molecule has 1 aliphatic heterocycles. The number of benzene rings is 3. The van der Waals surface area contributed by atoms with Gasteiger partial charge in [0, 0.05) is 23.2 Å². The molecule has 0 atom stereocenters. The second-order valence-electron chi connectivity index (χ2n) is 7.54. The monoisotopic (exact) mass is 479 g/mol. The van der Waals surface area contributed by atoms with Crippen molar-refractivity contribution < 1.29 is 14.3 Å². The molecule has 9 heteroatoms. The number of nitrogens with one attached hydrogen (secondary N) is 2. The van der Waals surface area contributed by atoms with Gasteiger partial charge in [0.25, 0.3) is 11.5 Å². The Morgan fingerprint density at radius 3 is 2.58 bits per heavy atom. The maximum absolute atomic E-state index is 13.1. The van der Waals surface area contributed by atoms with Crippen LogP contribution in [0.2, 0.25) is 5.02 Å². The normalized spacial score (nSPS) is 12.2. The van der Waals surface area contributed by atoms with E-state index in [1.165, 1.54) is 4.57 Å². The summed E-state index contributed by atoms with van der Waals surface area (Å²) in [6.45, 7) is 0.722. The summed E-state index contributed by atoms with van der Waals surface area (Å²) in [6, 6.07) is 17.8. The van der Waals surface area contributed by atoms with Crippen LogP contribution in [0.3, 0.4) is 0 Å². The van der Waals surface area contributed by atoms with Crippen LogP contribution in [0.1, 0.15) is 21.5 Å². The molecule has 0 fully saturated rings. The number of carbonyl (C=O) groups excluding carboxylic acids is 1. The fourth-order valence-corrected chi connectivity index (χ4v) is 4.11. The predicted molar refractivity (Wildman–Crippen MR) is 128 cm³/mol. The van der Waals surface area contributed by atoms with E-state index >= 15 is 0 Å². The summed E-state index contributed by atoms with van der Waals surface area (Å²) in [7, 11) is 0. The average molecular weight is 480 g/mol. The minimum Gasteiger partial charge on any atom is -0.454 e. The maximum atomic E-state index is 13.1. The minimum atomic E-state index is -0.228. The second kappa shape index (κ2) is 8.73. The molecule has 1 aliphatic rings. The summed E-state index contributed by atoms with van der Waals surface area (Å²) in [4.78, 5) is 28.7. The van der Waals surface area contributed by atoms with E-state index in [0.717, 1.165) is 11.1 Å². The molecule has 5 rings (SSSR count). The number of hydrogen-bond donors (Lipinski definition) is 2. The molecule has 0 bridgehead atoms. The number of hydrogen-bond acceptors (Lipinski definition) is 5. The van der Waals surface area contributed by atoms with Gasteiger partial charge in [-0.1, -0.05) is 41.9 Å². The van der Waals surface area contributed by atoms with E-state index in [2.05, 4.69) is 10.3 Å². The largest absolute Gasteiger partial charge is 0.454 e. The van der Waals surface area contributed by atoms with Crippen LogP contribution in [0.5, 0.6) is 11.5 Å². The number of fused-ring (bicyclic) bond motifs is 2. The highest BCUT2D eigenvalue weighted by atomic mass is 35.5. The zero-order valence-corrected chi connectivity index (χ0v) is 18.8. The van der Waals surface area contributed by atoms with Gasteiger partial charge in [0.2, 0.25) is 6.79 Å². The van der Waals surface area contributed by atoms with Crippen LogP contribution in [-0.2, 0) is 13.1 Å². The summed E-state index contributed by atoms with van der Waals surface area (Å²) in [5.41, 5.74) is 2.55. The van der Waals surface area contributed by atoms with Crippen molar-refractivity contribution in [2.75, 3.05) is 6.79 Å². The van der Waals surface area contributed by atoms with Crippen molar-refractivity contribution in [2.24, 2.45) is 0 Å². The molecule has 0 radical (unpaired) electrons. The molecule has 2 heterocycles. The van der Waals surface area contributed by atoms with Crippen molar-refractivity contribution in [3.63, 3.8) is 0 Å². The summed E-state index contributed by atoms with van der Waals surface area (Å²) in [6.07, 6.45) is 0. The van der Waals surface area contributed by atoms with Crippen molar-refractivity contribution in [1.29, 1.82) is 0 Å². The molecule has 33 heavy (non-hydrogen) atoms. The molecule has 0 saturated carbocycles. The van der Waals surface area contributed by atoms with Crippen molar-refractivity contribution in [3.05, 3.63) is 97.5 Å². The summed E-state index contributed by atoms with van der Waals surface area (Å²) >= 11 is 11.6. The van der Waals surface area contributed by atoms with Crippen LogP contribution < -0.4 is 20.3 Å². The second-order valence-corrected chi connectivity index (χ2v) is 8.34. The Bertz CT molecular complexity index is 1490. The number of ether oxygens (including phenoxy) is 2. The third-order valence-corrected chi connectivity index (χ3v) is 6.12. The zero-order valence-electron chi connectivity index (χ0n) is 17.3. The number of rotatable bonds is 5. The first-order chi connectivity index (χ1) is 16.0. The van der Waals surface area contributed by atoms with Gasteiger partial charge in [-0.15, -0.1) is 0 Å². The van der Waals surface area contributed by atoms with Gasteiger partial charge in [-0.2, -0.15) is 0 Å². The number of halogens is 1. The first kappa shape index (κ1) is 21.2. The SMILES string of the molecule is O=C(NCc1ccccc1Cl)c1ccc(Cn2c(=S)[nH]c3cc4c(cc3c2=O)OCO4)cc1. The molecule has 166 valence electrons. The summed E-state index contributed by atoms with van der Waals surface area (Å²) in [5, 5.41) is 3.93. The minimum absolute atomic E-state index is 0.124. The Morgan fingerprint density at radius 1 is 1.09 bits per heavy atom. The van der Waals surface area contributed by atoms with E-state index in [-0.39, 0.29) is 24.8 Å². The third kappa shape index (κ3) is 4.22. The number of H-pyrrole nitrogens is 1. The molecule has 0 spiro atoms. The number of amides is 1. The van der Waals surface area contributed by atoms with Crippen LogP contribution >= 0.6 is 23.8 Å². The van der Waals surface area contributed by atoms with Crippen LogP contribution in [0, 0.1) is 4.77 Å². The molecule has 0 aliphatic carbocycles. The van der Waals surface area contributed by atoms with Crippen molar-refractivity contribution in [1.82, 2.24) is 14.9 Å².